The predicted octanol–water partition coefficient (Wildman–Crippen LogP) is 2.46. The highest BCUT2D eigenvalue weighted by atomic mass is 19.4. The minimum Gasteiger partial charge on any atom is -0.345 e. The van der Waals surface area contributed by atoms with Crippen LogP contribution in [-0.4, -0.2) is 23.1 Å². The van der Waals surface area contributed by atoms with Gasteiger partial charge in [-0.15, -0.1) is 0 Å². The van der Waals surface area contributed by atoms with E-state index in [4.69, 9.17) is 0 Å². The number of alkyl halides is 3. The van der Waals surface area contributed by atoms with Crippen LogP contribution in [0.3, 0.4) is 0 Å². The summed E-state index contributed by atoms with van der Waals surface area (Å²) in [6, 6.07) is 0. The smallest absolute Gasteiger partial charge is 0.345 e. The number of piperidine rings is 1. The van der Waals surface area contributed by atoms with Gasteiger partial charge in [0.2, 0.25) is 0 Å². The second-order valence-corrected chi connectivity index (χ2v) is 4.32. The number of imidazole rings is 1. The number of hydrogen-bond donors (Lipinski definition) is 2. The summed E-state index contributed by atoms with van der Waals surface area (Å²) in [5, 5.41) is 3.19. The standard InChI is InChI=1S/C11H16F3N3/c1-2-8-9(11(12,13)14)17-10(16-8)7-3-5-15-6-4-7/h7,15H,2-6H2,1H3,(H,16,17). The van der Waals surface area contributed by atoms with E-state index in [-0.39, 0.29) is 11.6 Å². The molecule has 0 unspecified atom stereocenters. The van der Waals surface area contributed by atoms with Crippen molar-refractivity contribution in [2.75, 3.05) is 13.1 Å². The molecule has 96 valence electrons. The molecule has 0 bridgehead atoms. The fourth-order valence-corrected chi connectivity index (χ4v) is 2.21. The lowest BCUT2D eigenvalue weighted by atomic mass is 9.98. The summed E-state index contributed by atoms with van der Waals surface area (Å²) >= 11 is 0. The van der Waals surface area contributed by atoms with E-state index < -0.39 is 11.9 Å². The van der Waals surface area contributed by atoms with E-state index in [1.165, 1.54) is 0 Å². The first-order chi connectivity index (χ1) is 8.02. The lowest BCUT2D eigenvalue weighted by molar-refractivity contribution is -0.141. The van der Waals surface area contributed by atoms with Crippen LogP contribution in [-0.2, 0) is 12.6 Å². The van der Waals surface area contributed by atoms with Crippen molar-refractivity contribution in [2.45, 2.75) is 38.3 Å². The Labute approximate surface area is 97.8 Å². The second kappa shape index (κ2) is 4.68. The number of aromatic nitrogens is 2. The van der Waals surface area contributed by atoms with Gasteiger partial charge >= 0.3 is 6.18 Å². The summed E-state index contributed by atoms with van der Waals surface area (Å²) in [5.74, 6) is 0.619. The van der Waals surface area contributed by atoms with Gasteiger partial charge in [-0.3, -0.25) is 0 Å². The molecular weight excluding hydrogens is 231 g/mol. The van der Waals surface area contributed by atoms with Crippen molar-refractivity contribution >= 4 is 0 Å². The van der Waals surface area contributed by atoms with Crippen molar-refractivity contribution < 1.29 is 13.2 Å². The number of nitrogens with one attached hydrogen (secondary N) is 2. The SMILES string of the molecule is CCc1[nH]c(C2CCNCC2)nc1C(F)(F)F. The molecule has 0 radical (unpaired) electrons. The topological polar surface area (TPSA) is 40.7 Å². The molecule has 0 atom stereocenters. The summed E-state index contributed by atoms with van der Waals surface area (Å²) < 4.78 is 38.2. The first-order valence-electron chi connectivity index (χ1n) is 5.89. The summed E-state index contributed by atoms with van der Waals surface area (Å²) in [4.78, 5) is 6.62. The summed E-state index contributed by atoms with van der Waals surface area (Å²) in [6.07, 6.45) is -2.35. The number of aromatic amines is 1. The molecule has 0 amide bonds. The van der Waals surface area contributed by atoms with Gasteiger partial charge in [0, 0.05) is 11.6 Å². The van der Waals surface area contributed by atoms with Crippen LogP contribution in [0.1, 0.15) is 42.9 Å². The molecule has 0 aliphatic carbocycles. The molecule has 0 saturated carbocycles. The lowest BCUT2D eigenvalue weighted by Crippen LogP contribution is -2.27. The Morgan fingerprint density at radius 1 is 1.29 bits per heavy atom. The van der Waals surface area contributed by atoms with Crippen molar-refractivity contribution in [2.24, 2.45) is 0 Å². The fourth-order valence-electron chi connectivity index (χ4n) is 2.21. The maximum atomic E-state index is 12.7. The minimum atomic E-state index is -4.35. The molecule has 1 aliphatic heterocycles. The van der Waals surface area contributed by atoms with Crippen LogP contribution in [0.25, 0.3) is 0 Å². The number of hydrogen-bond acceptors (Lipinski definition) is 2. The number of H-pyrrole nitrogens is 1. The van der Waals surface area contributed by atoms with Crippen LogP contribution in [0.5, 0.6) is 0 Å². The van der Waals surface area contributed by atoms with Crippen LogP contribution in [0.15, 0.2) is 0 Å². The maximum absolute atomic E-state index is 12.7. The number of rotatable bonds is 2. The van der Waals surface area contributed by atoms with Crippen LogP contribution in [0.4, 0.5) is 13.2 Å². The summed E-state index contributed by atoms with van der Waals surface area (Å²) in [7, 11) is 0. The predicted molar refractivity (Wildman–Crippen MR) is 57.8 cm³/mol. The van der Waals surface area contributed by atoms with Crippen LogP contribution in [0.2, 0.25) is 0 Å². The average molecular weight is 247 g/mol. The van der Waals surface area contributed by atoms with Gasteiger partial charge in [-0.25, -0.2) is 4.98 Å². The Morgan fingerprint density at radius 2 is 1.94 bits per heavy atom. The van der Waals surface area contributed by atoms with E-state index >= 15 is 0 Å². The van der Waals surface area contributed by atoms with E-state index in [0.717, 1.165) is 25.9 Å². The van der Waals surface area contributed by atoms with Gasteiger partial charge in [-0.1, -0.05) is 6.92 Å². The molecule has 2 heterocycles. The highest BCUT2D eigenvalue weighted by molar-refractivity contribution is 5.20. The molecular formula is C11H16F3N3. The molecule has 1 saturated heterocycles. The number of nitrogens with zero attached hydrogens (tertiary/aromatic N) is 1. The van der Waals surface area contributed by atoms with Crippen molar-refractivity contribution in [1.82, 2.24) is 15.3 Å². The van der Waals surface area contributed by atoms with Crippen LogP contribution in [0, 0.1) is 0 Å². The molecule has 0 spiro atoms. The zero-order valence-corrected chi connectivity index (χ0v) is 9.69. The third kappa shape index (κ3) is 2.62. The summed E-state index contributed by atoms with van der Waals surface area (Å²) in [5.41, 5.74) is -0.542. The van der Waals surface area contributed by atoms with Gasteiger partial charge in [0.25, 0.3) is 0 Å². The zero-order valence-electron chi connectivity index (χ0n) is 9.69. The van der Waals surface area contributed by atoms with E-state index in [0.29, 0.717) is 12.2 Å². The number of aryl methyl sites for hydroxylation is 1. The monoisotopic (exact) mass is 247 g/mol. The Hall–Kier alpha value is -1.04. The molecule has 1 aromatic rings. The Bertz CT molecular complexity index is 378. The fraction of sp³-hybridized carbons (Fsp3) is 0.727. The highest BCUT2D eigenvalue weighted by Crippen LogP contribution is 2.33. The molecule has 0 aromatic carbocycles. The zero-order chi connectivity index (χ0) is 12.5. The number of halogens is 3. The van der Waals surface area contributed by atoms with E-state index in [1.807, 2.05) is 0 Å². The maximum Gasteiger partial charge on any atom is 0.435 e. The highest BCUT2D eigenvalue weighted by Gasteiger charge is 2.37. The van der Waals surface area contributed by atoms with Gasteiger partial charge in [-0.2, -0.15) is 13.2 Å². The Kier molecular flexibility index (Phi) is 3.42. The van der Waals surface area contributed by atoms with E-state index in [2.05, 4.69) is 15.3 Å². The molecule has 2 rings (SSSR count). The van der Waals surface area contributed by atoms with Gasteiger partial charge in [0.1, 0.15) is 5.82 Å². The van der Waals surface area contributed by atoms with Crippen LogP contribution >= 0.6 is 0 Å². The van der Waals surface area contributed by atoms with Crippen LogP contribution < -0.4 is 5.32 Å². The molecule has 1 fully saturated rings. The molecule has 3 nitrogen and oxygen atoms in total. The molecule has 1 aliphatic rings. The second-order valence-electron chi connectivity index (χ2n) is 4.32. The van der Waals surface area contributed by atoms with Crippen molar-refractivity contribution in [3.63, 3.8) is 0 Å². The molecule has 6 heteroatoms. The summed E-state index contributed by atoms with van der Waals surface area (Å²) in [6.45, 7) is 3.39. The molecule has 17 heavy (non-hydrogen) atoms. The quantitative estimate of drug-likeness (QED) is 0.842. The third-order valence-corrected chi connectivity index (χ3v) is 3.14. The normalized spacial score (nSPS) is 18.6. The average Bonchev–Trinajstić information content (AvgIpc) is 2.74. The largest absolute Gasteiger partial charge is 0.435 e. The van der Waals surface area contributed by atoms with Crippen molar-refractivity contribution in [1.29, 1.82) is 0 Å². The van der Waals surface area contributed by atoms with Crippen molar-refractivity contribution in [3.8, 4) is 0 Å². The Balaban J connectivity index is 2.27. The minimum absolute atomic E-state index is 0.123. The third-order valence-electron chi connectivity index (χ3n) is 3.14. The Morgan fingerprint density at radius 3 is 2.41 bits per heavy atom. The van der Waals surface area contributed by atoms with Gasteiger partial charge in [-0.05, 0) is 32.4 Å². The first-order valence-corrected chi connectivity index (χ1v) is 5.89. The van der Waals surface area contributed by atoms with E-state index in [9.17, 15) is 13.2 Å². The molecule has 2 N–H and O–H groups in total. The van der Waals surface area contributed by atoms with Gasteiger partial charge in [0.05, 0.1) is 0 Å². The molecule has 1 aromatic heterocycles. The lowest BCUT2D eigenvalue weighted by Gasteiger charge is -2.20. The van der Waals surface area contributed by atoms with Gasteiger partial charge < -0.3 is 10.3 Å². The van der Waals surface area contributed by atoms with Gasteiger partial charge in [0.15, 0.2) is 5.69 Å². The first kappa shape index (κ1) is 12.4. The van der Waals surface area contributed by atoms with Crippen molar-refractivity contribution in [3.05, 3.63) is 17.2 Å². The van der Waals surface area contributed by atoms with E-state index in [1.54, 1.807) is 6.92 Å².